The Hall–Kier alpha value is -4.47. The van der Waals surface area contributed by atoms with Gasteiger partial charge in [0.25, 0.3) is 5.91 Å². The number of aromatic nitrogens is 2. The summed E-state index contributed by atoms with van der Waals surface area (Å²) in [5.74, 6) is -0.304. The molecule has 1 amide bonds. The summed E-state index contributed by atoms with van der Waals surface area (Å²) in [6, 6.07) is 15.1. The number of para-hydroxylation sites is 2. The van der Waals surface area contributed by atoms with E-state index in [1.807, 2.05) is 0 Å². The third-order valence-corrected chi connectivity index (χ3v) is 4.47. The average molecular weight is 436 g/mol. The lowest BCUT2D eigenvalue weighted by Crippen LogP contribution is -2.10. The lowest BCUT2D eigenvalue weighted by atomic mass is 10.2. The van der Waals surface area contributed by atoms with Crippen LogP contribution in [0.4, 0.5) is 15.8 Å². The molecular weight excluding hydrogens is 419 g/mol. The number of furan rings is 1. The fraction of sp³-hybridized carbons (Fsp3) is 0.0909. The fourth-order valence-electron chi connectivity index (χ4n) is 2.94. The Morgan fingerprint density at radius 1 is 1.16 bits per heavy atom. The first-order chi connectivity index (χ1) is 15.5. The van der Waals surface area contributed by atoms with Crippen molar-refractivity contribution < 1.29 is 23.3 Å². The van der Waals surface area contributed by atoms with Crippen molar-refractivity contribution in [3.05, 3.63) is 106 Å². The number of carbonyl (C=O) groups excluding carboxylic acids is 1. The van der Waals surface area contributed by atoms with Crippen molar-refractivity contribution in [2.24, 2.45) is 0 Å². The number of benzene rings is 2. The lowest BCUT2D eigenvalue weighted by Gasteiger charge is -2.04. The van der Waals surface area contributed by atoms with E-state index in [0.29, 0.717) is 18.0 Å². The molecule has 162 valence electrons. The van der Waals surface area contributed by atoms with Crippen LogP contribution in [0.25, 0.3) is 0 Å². The highest BCUT2D eigenvalue weighted by Crippen LogP contribution is 2.27. The van der Waals surface area contributed by atoms with Crippen LogP contribution in [0.3, 0.4) is 0 Å². The van der Waals surface area contributed by atoms with E-state index in [4.69, 9.17) is 9.15 Å². The molecule has 0 aliphatic carbocycles. The van der Waals surface area contributed by atoms with E-state index in [1.54, 1.807) is 41.2 Å². The highest BCUT2D eigenvalue weighted by molar-refractivity contribution is 6.02. The molecule has 1 N–H and O–H groups in total. The summed E-state index contributed by atoms with van der Waals surface area (Å²) in [4.78, 5) is 22.9. The minimum Gasteiger partial charge on any atom is -0.479 e. The predicted molar refractivity (Wildman–Crippen MR) is 112 cm³/mol. The number of carbonyl (C=O) groups is 1. The van der Waals surface area contributed by atoms with Gasteiger partial charge in [-0.3, -0.25) is 19.6 Å². The van der Waals surface area contributed by atoms with Gasteiger partial charge >= 0.3 is 5.69 Å². The van der Waals surface area contributed by atoms with Crippen LogP contribution < -0.4 is 10.1 Å². The van der Waals surface area contributed by atoms with Gasteiger partial charge in [0, 0.05) is 12.3 Å². The monoisotopic (exact) mass is 436 g/mol. The molecule has 0 fully saturated rings. The number of nitrogens with one attached hydrogen (secondary N) is 1. The molecule has 2 aromatic carbocycles. The molecule has 4 rings (SSSR count). The molecule has 0 saturated heterocycles. The smallest absolute Gasteiger partial charge is 0.310 e. The zero-order valence-corrected chi connectivity index (χ0v) is 16.6. The van der Waals surface area contributed by atoms with E-state index in [1.165, 1.54) is 36.5 Å². The molecular formula is C22H17FN4O5. The third-order valence-electron chi connectivity index (χ3n) is 4.47. The van der Waals surface area contributed by atoms with E-state index >= 15 is 0 Å². The van der Waals surface area contributed by atoms with Crippen LogP contribution >= 0.6 is 0 Å². The van der Waals surface area contributed by atoms with Gasteiger partial charge in [0.05, 0.1) is 23.4 Å². The maximum absolute atomic E-state index is 13.0. The number of rotatable bonds is 8. The summed E-state index contributed by atoms with van der Waals surface area (Å²) in [6.07, 6.45) is 3.13. The first-order valence-corrected chi connectivity index (χ1v) is 9.51. The van der Waals surface area contributed by atoms with Crippen molar-refractivity contribution in [3.8, 4) is 5.75 Å². The molecule has 0 atom stereocenters. The van der Waals surface area contributed by atoms with Gasteiger partial charge in [0.15, 0.2) is 11.5 Å². The van der Waals surface area contributed by atoms with Crippen molar-refractivity contribution in [2.45, 2.75) is 13.2 Å². The number of nitrogens with zero attached hydrogens (tertiary/aromatic N) is 3. The minimum absolute atomic E-state index is 0.0532. The topological polar surface area (TPSA) is 112 Å². The number of ether oxygens (including phenoxy) is 1. The summed E-state index contributed by atoms with van der Waals surface area (Å²) in [7, 11) is 0. The van der Waals surface area contributed by atoms with E-state index in [0.717, 1.165) is 5.56 Å². The van der Waals surface area contributed by atoms with Crippen LogP contribution in [0.15, 0.2) is 77.5 Å². The van der Waals surface area contributed by atoms with Crippen LogP contribution in [-0.2, 0) is 13.2 Å². The van der Waals surface area contributed by atoms with Crippen LogP contribution in [0.2, 0.25) is 0 Å². The molecule has 0 spiro atoms. The Kier molecular flexibility index (Phi) is 5.93. The summed E-state index contributed by atoms with van der Waals surface area (Å²) in [6.45, 7) is 0.345. The summed E-state index contributed by atoms with van der Waals surface area (Å²) in [5, 5.41) is 17.9. The zero-order chi connectivity index (χ0) is 22.5. The molecule has 0 unspecified atom stereocenters. The average Bonchev–Trinajstić information content (AvgIpc) is 3.43. The van der Waals surface area contributed by atoms with E-state index < -0.39 is 10.8 Å². The van der Waals surface area contributed by atoms with Crippen molar-refractivity contribution in [3.63, 3.8) is 0 Å². The van der Waals surface area contributed by atoms with Crippen molar-refractivity contribution in [1.29, 1.82) is 0 Å². The lowest BCUT2D eigenvalue weighted by molar-refractivity contribution is -0.386. The molecule has 32 heavy (non-hydrogen) atoms. The number of anilines is 1. The summed E-state index contributed by atoms with van der Waals surface area (Å²) in [5.41, 5.74) is 1.17. The van der Waals surface area contributed by atoms with Crippen molar-refractivity contribution in [2.75, 3.05) is 5.32 Å². The number of amides is 1. The Bertz CT molecular complexity index is 1250. The quantitative estimate of drug-likeness (QED) is 0.324. The van der Waals surface area contributed by atoms with Crippen LogP contribution in [-0.4, -0.2) is 20.6 Å². The first-order valence-electron chi connectivity index (χ1n) is 9.51. The highest BCUT2D eigenvalue weighted by atomic mass is 19.1. The van der Waals surface area contributed by atoms with Crippen LogP contribution in [0, 0.1) is 15.9 Å². The third kappa shape index (κ3) is 4.98. The molecule has 0 bridgehead atoms. The molecule has 2 aromatic heterocycles. The molecule has 0 radical (unpaired) electrons. The first kappa shape index (κ1) is 20.8. The second-order valence-corrected chi connectivity index (χ2v) is 6.79. The van der Waals surface area contributed by atoms with E-state index in [9.17, 15) is 19.3 Å². The van der Waals surface area contributed by atoms with Gasteiger partial charge < -0.3 is 14.5 Å². The number of hydrogen-bond donors (Lipinski definition) is 1. The van der Waals surface area contributed by atoms with Gasteiger partial charge in [-0.2, -0.15) is 5.10 Å². The second kappa shape index (κ2) is 9.13. The second-order valence-electron chi connectivity index (χ2n) is 6.79. The number of hydrogen-bond acceptors (Lipinski definition) is 6. The van der Waals surface area contributed by atoms with Gasteiger partial charge in [-0.05, 0) is 35.9 Å². The van der Waals surface area contributed by atoms with E-state index in [2.05, 4.69) is 10.4 Å². The molecule has 9 nitrogen and oxygen atoms in total. The van der Waals surface area contributed by atoms with Crippen molar-refractivity contribution in [1.82, 2.24) is 9.78 Å². The van der Waals surface area contributed by atoms with Crippen molar-refractivity contribution >= 4 is 17.3 Å². The van der Waals surface area contributed by atoms with Gasteiger partial charge in [0.1, 0.15) is 18.2 Å². The van der Waals surface area contributed by atoms with Crippen LogP contribution in [0.5, 0.6) is 5.75 Å². The molecule has 4 aromatic rings. The molecule has 0 saturated carbocycles. The molecule has 0 aliphatic rings. The fourth-order valence-corrected chi connectivity index (χ4v) is 2.94. The highest BCUT2D eigenvalue weighted by Gasteiger charge is 2.16. The largest absolute Gasteiger partial charge is 0.479 e. The zero-order valence-electron chi connectivity index (χ0n) is 16.6. The van der Waals surface area contributed by atoms with Gasteiger partial charge in [0.2, 0.25) is 0 Å². The Labute approximate surface area is 181 Å². The van der Waals surface area contributed by atoms with Gasteiger partial charge in [-0.25, -0.2) is 4.39 Å². The molecule has 0 aliphatic heterocycles. The maximum Gasteiger partial charge on any atom is 0.310 e. The summed E-state index contributed by atoms with van der Waals surface area (Å²) < 4.78 is 25.6. The molecule has 10 heteroatoms. The standard InChI is InChI=1S/C22H17FN4O5/c23-16-7-5-15(6-8-16)12-26-13-17(11-24-26)25-22(28)21-10-9-18(32-21)14-31-20-4-2-1-3-19(20)27(29)30/h1-11,13H,12,14H2,(H,25,28). The van der Waals surface area contributed by atoms with Crippen LogP contribution in [0.1, 0.15) is 21.9 Å². The number of halogens is 1. The van der Waals surface area contributed by atoms with Gasteiger partial charge in [-0.15, -0.1) is 0 Å². The van der Waals surface area contributed by atoms with Gasteiger partial charge in [-0.1, -0.05) is 24.3 Å². The predicted octanol–water partition coefficient (Wildman–Crippen LogP) is 4.40. The Morgan fingerprint density at radius 2 is 1.94 bits per heavy atom. The molecule has 2 heterocycles. The number of nitro benzene ring substituents is 1. The number of nitro groups is 1. The Balaban J connectivity index is 1.35. The Morgan fingerprint density at radius 3 is 2.72 bits per heavy atom. The maximum atomic E-state index is 13.0. The normalized spacial score (nSPS) is 10.7. The van der Waals surface area contributed by atoms with E-state index in [-0.39, 0.29) is 29.6 Å². The summed E-state index contributed by atoms with van der Waals surface area (Å²) >= 11 is 0. The SMILES string of the molecule is O=C(Nc1cnn(Cc2ccc(F)cc2)c1)c1ccc(COc2ccccc2[N+](=O)[O-])o1. The minimum atomic E-state index is -0.535.